The largest absolute Gasteiger partial charge is 0.323 e. The SMILES string of the molecule is O=C[C@@H]1CSCN1C(=O)CCC(=O)c1ccccc1. The highest BCUT2D eigenvalue weighted by molar-refractivity contribution is 7.99. The first-order valence-corrected chi connectivity index (χ1v) is 7.28. The maximum atomic E-state index is 12.0. The van der Waals surface area contributed by atoms with Gasteiger partial charge in [0.15, 0.2) is 5.78 Å². The van der Waals surface area contributed by atoms with Crippen LogP contribution >= 0.6 is 11.8 Å². The molecule has 1 amide bonds. The van der Waals surface area contributed by atoms with E-state index in [4.69, 9.17) is 0 Å². The van der Waals surface area contributed by atoms with Crippen molar-refractivity contribution in [1.29, 1.82) is 0 Å². The van der Waals surface area contributed by atoms with Gasteiger partial charge < -0.3 is 9.69 Å². The molecule has 4 nitrogen and oxygen atoms in total. The number of Topliss-reactive ketones (excluding diaryl/α,β-unsaturated/α-hetero) is 1. The molecule has 0 unspecified atom stereocenters. The van der Waals surface area contributed by atoms with Crippen molar-refractivity contribution in [1.82, 2.24) is 4.90 Å². The number of thioether (sulfide) groups is 1. The molecule has 5 heteroatoms. The van der Waals surface area contributed by atoms with Crippen molar-refractivity contribution in [3.63, 3.8) is 0 Å². The summed E-state index contributed by atoms with van der Waals surface area (Å²) in [5.74, 6) is 1.04. The predicted octanol–water partition coefficient (Wildman–Crippen LogP) is 1.75. The van der Waals surface area contributed by atoms with Gasteiger partial charge in [-0.25, -0.2) is 0 Å². The van der Waals surface area contributed by atoms with Crippen LogP contribution in [0.2, 0.25) is 0 Å². The predicted molar refractivity (Wildman–Crippen MR) is 74.0 cm³/mol. The molecule has 0 radical (unpaired) electrons. The summed E-state index contributed by atoms with van der Waals surface area (Å²) in [5, 5.41) is 0. The Morgan fingerprint density at radius 2 is 2.00 bits per heavy atom. The molecule has 1 atom stereocenters. The van der Waals surface area contributed by atoms with Crippen LogP contribution in [-0.4, -0.2) is 40.5 Å². The molecule has 0 N–H and O–H groups in total. The van der Waals surface area contributed by atoms with Gasteiger partial charge in [-0.15, -0.1) is 11.8 Å². The second kappa shape index (κ2) is 6.52. The van der Waals surface area contributed by atoms with Gasteiger partial charge in [0, 0.05) is 24.2 Å². The van der Waals surface area contributed by atoms with Gasteiger partial charge in [0.1, 0.15) is 6.29 Å². The van der Waals surface area contributed by atoms with Crippen molar-refractivity contribution in [2.45, 2.75) is 18.9 Å². The van der Waals surface area contributed by atoms with E-state index >= 15 is 0 Å². The first-order chi connectivity index (χ1) is 9.22. The van der Waals surface area contributed by atoms with Gasteiger partial charge in [0.25, 0.3) is 0 Å². The number of hydrogen-bond donors (Lipinski definition) is 0. The number of carbonyl (C=O) groups excluding carboxylic acids is 3. The van der Waals surface area contributed by atoms with E-state index in [1.54, 1.807) is 40.9 Å². The number of carbonyl (C=O) groups is 3. The number of hydrogen-bond acceptors (Lipinski definition) is 4. The Labute approximate surface area is 116 Å². The highest BCUT2D eigenvalue weighted by Gasteiger charge is 2.28. The topological polar surface area (TPSA) is 54.5 Å². The van der Waals surface area contributed by atoms with E-state index in [-0.39, 0.29) is 30.6 Å². The molecule has 0 spiro atoms. The van der Waals surface area contributed by atoms with E-state index in [0.29, 0.717) is 17.2 Å². The molecule has 1 aliphatic heterocycles. The van der Waals surface area contributed by atoms with Crippen LogP contribution in [0.5, 0.6) is 0 Å². The Morgan fingerprint density at radius 3 is 2.68 bits per heavy atom. The van der Waals surface area contributed by atoms with Gasteiger partial charge in [0.05, 0.1) is 11.9 Å². The Hall–Kier alpha value is -1.62. The molecule has 2 rings (SSSR count). The lowest BCUT2D eigenvalue weighted by Gasteiger charge is -2.19. The summed E-state index contributed by atoms with van der Waals surface area (Å²) in [7, 11) is 0. The summed E-state index contributed by atoms with van der Waals surface area (Å²) in [5.41, 5.74) is 0.623. The van der Waals surface area contributed by atoms with Gasteiger partial charge in [0.2, 0.25) is 5.91 Å². The third kappa shape index (κ3) is 3.44. The van der Waals surface area contributed by atoms with Crippen molar-refractivity contribution < 1.29 is 14.4 Å². The highest BCUT2D eigenvalue weighted by atomic mass is 32.2. The second-order valence-corrected chi connectivity index (χ2v) is 5.36. The van der Waals surface area contributed by atoms with Crippen molar-refractivity contribution in [2.24, 2.45) is 0 Å². The molecule has 0 saturated carbocycles. The molecular weight excluding hydrogens is 262 g/mol. The summed E-state index contributed by atoms with van der Waals surface area (Å²) in [6, 6.07) is 8.60. The zero-order valence-electron chi connectivity index (χ0n) is 10.5. The van der Waals surface area contributed by atoms with Crippen LogP contribution in [0.1, 0.15) is 23.2 Å². The van der Waals surface area contributed by atoms with E-state index < -0.39 is 0 Å². The fraction of sp³-hybridized carbons (Fsp3) is 0.357. The van der Waals surface area contributed by atoms with Crippen molar-refractivity contribution >= 4 is 29.7 Å². The molecule has 1 heterocycles. The quantitative estimate of drug-likeness (QED) is 0.608. The van der Waals surface area contributed by atoms with Crippen LogP contribution in [0.25, 0.3) is 0 Å². The zero-order valence-corrected chi connectivity index (χ0v) is 11.3. The Morgan fingerprint density at radius 1 is 1.26 bits per heavy atom. The van der Waals surface area contributed by atoms with Crippen LogP contribution < -0.4 is 0 Å². The summed E-state index contributed by atoms with van der Waals surface area (Å²) in [6.45, 7) is 0. The van der Waals surface area contributed by atoms with Crippen LogP contribution in [0, 0.1) is 0 Å². The molecular formula is C14H15NO3S. The van der Waals surface area contributed by atoms with Crippen molar-refractivity contribution in [2.75, 3.05) is 11.6 Å². The Balaban J connectivity index is 1.87. The van der Waals surface area contributed by atoms with Gasteiger partial charge >= 0.3 is 0 Å². The fourth-order valence-electron chi connectivity index (χ4n) is 1.96. The zero-order chi connectivity index (χ0) is 13.7. The van der Waals surface area contributed by atoms with Crippen LogP contribution in [0.15, 0.2) is 30.3 Å². The van der Waals surface area contributed by atoms with E-state index in [1.807, 2.05) is 6.07 Å². The van der Waals surface area contributed by atoms with E-state index in [1.165, 1.54) is 0 Å². The molecule has 1 aliphatic rings. The molecule has 1 fully saturated rings. The first kappa shape index (κ1) is 13.8. The lowest BCUT2D eigenvalue weighted by atomic mass is 10.1. The number of nitrogens with zero attached hydrogens (tertiary/aromatic N) is 1. The second-order valence-electron chi connectivity index (χ2n) is 4.36. The van der Waals surface area contributed by atoms with Crippen molar-refractivity contribution in [3.8, 4) is 0 Å². The molecule has 1 saturated heterocycles. The van der Waals surface area contributed by atoms with Gasteiger partial charge in [-0.05, 0) is 0 Å². The standard InChI is InChI=1S/C14H15NO3S/c16-8-12-9-19-10-15(12)14(18)7-6-13(17)11-4-2-1-3-5-11/h1-5,8,12H,6-7,9-10H2/t12-/m1/s1. The summed E-state index contributed by atoms with van der Waals surface area (Å²) in [4.78, 5) is 36.2. The highest BCUT2D eigenvalue weighted by Crippen LogP contribution is 2.20. The number of aldehydes is 1. The lowest BCUT2D eigenvalue weighted by Crippen LogP contribution is -2.37. The summed E-state index contributed by atoms with van der Waals surface area (Å²) >= 11 is 1.56. The molecule has 100 valence electrons. The molecule has 0 aromatic heterocycles. The fourth-order valence-corrected chi connectivity index (χ4v) is 3.10. The third-order valence-electron chi connectivity index (χ3n) is 3.06. The average Bonchev–Trinajstić information content (AvgIpc) is 2.93. The molecule has 0 bridgehead atoms. The molecule has 0 aliphatic carbocycles. The number of amides is 1. The number of ketones is 1. The molecule has 1 aromatic rings. The minimum atomic E-state index is -0.329. The summed E-state index contributed by atoms with van der Waals surface area (Å²) < 4.78 is 0. The lowest BCUT2D eigenvalue weighted by molar-refractivity contribution is -0.134. The van der Waals surface area contributed by atoms with Gasteiger partial charge in [-0.3, -0.25) is 9.59 Å². The average molecular weight is 277 g/mol. The maximum absolute atomic E-state index is 12.0. The molecule has 19 heavy (non-hydrogen) atoms. The third-order valence-corrected chi connectivity index (χ3v) is 4.10. The van der Waals surface area contributed by atoms with Crippen LogP contribution in [-0.2, 0) is 9.59 Å². The minimum absolute atomic E-state index is 0.0385. The first-order valence-electron chi connectivity index (χ1n) is 6.13. The number of rotatable bonds is 5. The number of benzene rings is 1. The van der Waals surface area contributed by atoms with Crippen molar-refractivity contribution in [3.05, 3.63) is 35.9 Å². The van der Waals surface area contributed by atoms with E-state index in [2.05, 4.69) is 0 Å². The van der Waals surface area contributed by atoms with Gasteiger partial charge in [-0.2, -0.15) is 0 Å². The van der Waals surface area contributed by atoms with Crippen LogP contribution in [0.4, 0.5) is 0 Å². The Bertz CT molecular complexity index is 475. The van der Waals surface area contributed by atoms with E-state index in [9.17, 15) is 14.4 Å². The summed E-state index contributed by atoms with van der Waals surface area (Å²) in [6.07, 6.45) is 1.16. The minimum Gasteiger partial charge on any atom is -0.323 e. The normalized spacial score (nSPS) is 18.3. The smallest absolute Gasteiger partial charge is 0.224 e. The van der Waals surface area contributed by atoms with Crippen LogP contribution in [0.3, 0.4) is 0 Å². The van der Waals surface area contributed by atoms with E-state index in [0.717, 1.165) is 6.29 Å². The molecule has 1 aromatic carbocycles. The Kier molecular flexibility index (Phi) is 4.74. The monoisotopic (exact) mass is 277 g/mol. The van der Waals surface area contributed by atoms with Gasteiger partial charge in [-0.1, -0.05) is 30.3 Å². The maximum Gasteiger partial charge on any atom is 0.224 e.